The second kappa shape index (κ2) is 6.16. The highest BCUT2D eigenvalue weighted by Gasteiger charge is 2.33. The molecule has 1 fully saturated rings. The van der Waals surface area contributed by atoms with Crippen molar-refractivity contribution >= 4 is 26.0 Å². The molecule has 1 aliphatic rings. The van der Waals surface area contributed by atoms with E-state index in [4.69, 9.17) is 0 Å². The smallest absolute Gasteiger partial charge is 0.207 e. The molecule has 1 heterocycles. The van der Waals surface area contributed by atoms with E-state index in [0.29, 0.717) is 15.9 Å². The predicted molar refractivity (Wildman–Crippen MR) is 85.4 cm³/mol. The van der Waals surface area contributed by atoms with Gasteiger partial charge in [0.2, 0.25) is 10.0 Å². The van der Waals surface area contributed by atoms with Crippen molar-refractivity contribution < 1.29 is 8.42 Å². The van der Waals surface area contributed by atoms with Crippen molar-refractivity contribution in [2.24, 2.45) is 0 Å². The van der Waals surface area contributed by atoms with Crippen LogP contribution in [0.3, 0.4) is 0 Å². The lowest BCUT2D eigenvalue weighted by atomic mass is 10.0. The first kappa shape index (κ1) is 16.0. The van der Waals surface area contributed by atoms with Crippen molar-refractivity contribution in [3.63, 3.8) is 0 Å². The molecule has 2 rings (SSSR count). The van der Waals surface area contributed by atoms with Crippen LogP contribution in [0.25, 0.3) is 0 Å². The number of hydrogen-bond donors (Lipinski definition) is 0. The Hall–Kier alpha value is -0.390. The van der Waals surface area contributed by atoms with Gasteiger partial charge in [-0.1, -0.05) is 13.3 Å². The number of aryl methyl sites for hydroxylation is 2. The van der Waals surface area contributed by atoms with Crippen LogP contribution in [0.1, 0.15) is 43.7 Å². The quantitative estimate of drug-likeness (QED) is 0.817. The van der Waals surface area contributed by atoms with E-state index in [0.717, 1.165) is 36.8 Å². The van der Waals surface area contributed by atoms with Gasteiger partial charge in [0.25, 0.3) is 0 Å². The molecular weight excluding hydrogens is 338 g/mol. The molecule has 0 aromatic heterocycles. The van der Waals surface area contributed by atoms with E-state index in [1.54, 1.807) is 10.4 Å². The largest absolute Gasteiger partial charge is 0.244 e. The first-order valence-electron chi connectivity index (χ1n) is 7.16. The summed E-state index contributed by atoms with van der Waals surface area (Å²) in [5, 5.41) is 0. The molecule has 1 saturated heterocycles. The van der Waals surface area contributed by atoms with Gasteiger partial charge < -0.3 is 0 Å². The molecule has 1 aromatic carbocycles. The zero-order valence-electron chi connectivity index (χ0n) is 12.3. The molecule has 0 N–H and O–H groups in total. The van der Waals surface area contributed by atoms with Crippen LogP contribution in [0, 0.1) is 13.8 Å². The van der Waals surface area contributed by atoms with E-state index in [2.05, 4.69) is 22.9 Å². The average molecular weight is 360 g/mol. The number of sulfonamides is 1. The summed E-state index contributed by atoms with van der Waals surface area (Å²) in [5.74, 6) is 0. The molecule has 0 bridgehead atoms. The van der Waals surface area contributed by atoms with Gasteiger partial charge in [-0.05, 0) is 72.3 Å². The molecule has 0 spiro atoms. The maximum Gasteiger partial charge on any atom is 0.244 e. The Morgan fingerprint density at radius 3 is 2.55 bits per heavy atom. The predicted octanol–water partition coefficient (Wildman–Crippen LogP) is 4.02. The van der Waals surface area contributed by atoms with Crippen molar-refractivity contribution in [1.82, 2.24) is 4.31 Å². The second-order valence-corrected chi connectivity index (χ2v) is 8.25. The third-order valence-corrected chi connectivity index (χ3v) is 7.09. The molecule has 1 atom stereocenters. The summed E-state index contributed by atoms with van der Waals surface area (Å²) in [7, 11) is -3.41. The van der Waals surface area contributed by atoms with Crippen LogP contribution >= 0.6 is 15.9 Å². The highest BCUT2D eigenvalue weighted by molar-refractivity contribution is 9.10. The van der Waals surface area contributed by atoms with Crippen molar-refractivity contribution in [2.75, 3.05) is 6.54 Å². The van der Waals surface area contributed by atoms with Crippen LogP contribution < -0.4 is 0 Å². The fourth-order valence-corrected chi connectivity index (χ4v) is 5.75. The van der Waals surface area contributed by atoms with Gasteiger partial charge in [-0.3, -0.25) is 0 Å². The van der Waals surface area contributed by atoms with Crippen LogP contribution in [0.4, 0.5) is 0 Å². The Morgan fingerprint density at radius 1 is 1.25 bits per heavy atom. The Bertz CT molecular complexity index is 598. The molecule has 20 heavy (non-hydrogen) atoms. The minimum Gasteiger partial charge on any atom is -0.207 e. The lowest BCUT2D eigenvalue weighted by Crippen LogP contribution is -2.43. The standard InChI is InChI=1S/C15H22BrNO2S/c1-4-13-7-5-6-8-17(13)20(18,19)15-10-12(3)11(2)9-14(15)16/h9-10,13H,4-8H2,1-3H3/t13-/m1/s1. The number of piperidine rings is 1. The molecule has 0 radical (unpaired) electrons. The third kappa shape index (κ3) is 2.95. The van der Waals surface area contributed by atoms with Crippen LogP contribution in [0.5, 0.6) is 0 Å². The summed E-state index contributed by atoms with van der Waals surface area (Å²) in [5.41, 5.74) is 2.11. The summed E-state index contributed by atoms with van der Waals surface area (Å²) in [6.07, 6.45) is 3.93. The number of benzene rings is 1. The lowest BCUT2D eigenvalue weighted by Gasteiger charge is -2.34. The second-order valence-electron chi connectivity index (χ2n) is 5.54. The summed E-state index contributed by atoms with van der Waals surface area (Å²) in [6.45, 7) is 6.65. The topological polar surface area (TPSA) is 37.4 Å². The molecule has 0 amide bonds. The van der Waals surface area contributed by atoms with E-state index in [1.165, 1.54) is 0 Å². The van der Waals surface area contributed by atoms with E-state index in [-0.39, 0.29) is 6.04 Å². The van der Waals surface area contributed by atoms with Crippen molar-refractivity contribution in [1.29, 1.82) is 0 Å². The van der Waals surface area contributed by atoms with Gasteiger partial charge in [-0.25, -0.2) is 8.42 Å². The molecule has 0 aliphatic carbocycles. The van der Waals surface area contributed by atoms with Crippen LogP contribution in [0.15, 0.2) is 21.5 Å². The van der Waals surface area contributed by atoms with Crippen LogP contribution in [-0.4, -0.2) is 25.3 Å². The van der Waals surface area contributed by atoms with E-state index in [1.807, 2.05) is 19.9 Å². The molecule has 1 aromatic rings. The molecule has 1 aliphatic heterocycles. The molecular formula is C15H22BrNO2S. The van der Waals surface area contributed by atoms with Crippen LogP contribution in [0.2, 0.25) is 0 Å². The zero-order chi connectivity index (χ0) is 14.9. The molecule has 0 unspecified atom stereocenters. The fourth-order valence-electron chi connectivity index (χ4n) is 2.78. The number of rotatable bonds is 3. The number of nitrogens with zero attached hydrogens (tertiary/aromatic N) is 1. The van der Waals surface area contributed by atoms with Crippen molar-refractivity contribution in [3.05, 3.63) is 27.7 Å². The first-order valence-corrected chi connectivity index (χ1v) is 9.39. The minimum absolute atomic E-state index is 0.141. The number of halogens is 1. The Balaban J connectivity index is 2.46. The number of hydrogen-bond acceptors (Lipinski definition) is 2. The lowest BCUT2D eigenvalue weighted by molar-refractivity contribution is 0.246. The summed E-state index contributed by atoms with van der Waals surface area (Å²) in [4.78, 5) is 0.404. The van der Waals surface area contributed by atoms with Gasteiger partial charge in [0.1, 0.15) is 0 Å². The maximum absolute atomic E-state index is 12.9. The van der Waals surface area contributed by atoms with E-state index in [9.17, 15) is 8.42 Å². The van der Waals surface area contributed by atoms with Crippen molar-refractivity contribution in [2.45, 2.75) is 57.4 Å². The molecule has 0 saturated carbocycles. The summed E-state index contributed by atoms with van der Waals surface area (Å²) < 4.78 is 28.2. The van der Waals surface area contributed by atoms with Gasteiger partial charge in [-0.2, -0.15) is 4.31 Å². The van der Waals surface area contributed by atoms with Crippen molar-refractivity contribution in [3.8, 4) is 0 Å². The fraction of sp³-hybridized carbons (Fsp3) is 0.600. The average Bonchev–Trinajstić information content (AvgIpc) is 2.42. The Kier molecular flexibility index (Phi) is 4.92. The zero-order valence-corrected chi connectivity index (χ0v) is 14.7. The third-order valence-electron chi connectivity index (χ3n) is 4.18. The van der Waals surface area contributed by atoms with Gasteiger partial charge in [0.15, 0.2) is 0 Å². The summed E-state index contributed by atoms with van der Waals surface area (Å²) in [6, 6.07) is 3.82. The highest BCUT2D eigenvalue weighted by Crippen LogP contribution is 2.32. The van der Waals surface area contributed by atoms with Crippen LogP contribution in [-0.2, 0) is 10.0 Å². The Morgan fingerprint density at radius 2 is 1.90 bits per heavy atom. The SMILES string of the molecule is CC[C@@H]1CCCCN1S(=O)(=O)c1cc(C)c(C)cc1Br. The summed E-state index contributed by atoms with van der Waals surface area (Å²) >= 11 is 3.42. The van der Waals surface area contributed by atoms with E-state index < -0.39 is 10.0 Å². The first-order chi connectivity index (χ1) is 9.37. The molecule has 112 valence electrons. The normalized spacial score (nSPS) is 21.1. The van der Waals surface area contributed by atoms with Gasteiger partial charge in [-0.15, -0.1) is 0 Å². The Labute approximate surface area is 130 Å². The van der Waals surface area contributed by atoms with Gasteiger partial charge in [0, 0.05) is 17.1 Å². The monoisotopic (exact) mass is 359 g/mol. The van der Waals surface area contributed by atoms with Gasteiger partial charge >= 0.3 is 0 Å². The van der Waals surface area contributed by atoms with E-state index >= 15 is 0 Å². The van der Waals surface area contributed by atoms with Gasteiger partial charge in [0.05, 0.1) is 4.90 Å². The minimum atomic E-state index is -3.41. The molecule has 3 nitrogen and oxygen atoms in total. The molecule has 5 heteroatoms. The maximum atomic E-state index is 12.9. The highest BCUT2D eigenvalue weighted by atomic mass is 79.9.